The summed E-state index contributed by atoms with van der Waals surface area (Å²) in [6.45, 7) is 0. The number of methoxy groups -OCH3 is 1. The summed E-state index contributed by atoms with van der Waals surface area (Å²) in [5, 5.41) is 0.633. The number of halogens is 2. The Balaban J connectivity index is 2.64. The van der Waals surface area contributed by atoms with Crippen LogP contribution in [0.25, 0.3) is 11.3 Å². The number of hydrogen-bond acceptors (Lipinski definition) is 2. The van der Waals surface area contributed by atoms with Crippen molar-refractivity contribution >= 4 is 27.5 Å². The zero-order chi connectivity index (χ0) is 10.8. The summed E-state index contributed by atoms with van der Waals surface area (Å²) in [5.74, 6) is 1.45. The predicted octanol–water partition coefficient (Wildman–Crippen LogP) is 4.37. The van der Waals surface area contributed by atoms with Gasteiger partial charge in [0.05, 0.1) is 23.4 Å². The van der Waals surface area contributed by atoms with Gasteiger partial charge in [0.1, 0.15) is 11.5 Å². The second-order valence-electron chi connectivity index (χ2n) is 2.95. The average molecular weight is 288 g/mol. The molecule has 0 aliphatic heterocycles. The van der Waals surface area contributed by atoms with Crippen molar-refractivity contribution < 1.29 is 9.15 Å². The van der Waals surface area contributed by atoms with Gasteiger partial charge in [-0.15, -0.1) is 0 Å². The fourth-order valence-electron chi connectivity index (χ4n) is 1.38. The van der Waals surface area contributed by atoms with Crippen LogP contribution in [0.5, 0.6) is 5.75 Å². The summed E-state index contributed by atoms with van der Waals surface area (Å²) >= 11 is 9.36. The van der Waals surface area contributed by atoms with E-state index in [0.717, 1.165) is 15.8 Å². The van der Waals surface area contributed by atoms with Crippen LogP contribution in [0.4, 0.5) is 0 Å². The molecule has 0 bridgehead atoms. The smallest absolute Gasteiger partial charge is 0.144 e. The van der Waals surface area contributed by atoms with Crippen molar-refractivity contribution in [3.63, 3.8) is 0 Å². The number of ether oxygens (including phenoxy) is 1. The standard InChI is InChI=1S/C11H8BrClO2/c1-14-11-8(10-3-2-4-15-10)5-7(13)6-9(11)12/h2-6H,1H3. The van der Waals surface area contributed by atoms with Gasteiger partial charge in [-0.1, -0.05) is 11.6 Å². The minimum absolute atomic E-state index is 0.633. The zero-order valence-electron chi connectivity index (χ0n) is 7.96. The first-order chi connectivity index (χ1) is 7.22. The number of rotatable bonds is 2. The maximum Gasteiger partial charge on any atom is 0.144 e. The highest BCUT2D eigenvalue weighted by Gasteiger charge is 2.12. The Morgan fingerprint density at radius 2 is 2.20 bits per heavy atom. The maximum absolute atomic E-state index is 5.97. The van der Waals surface area contributed by atoms with Gasteiger partial charge >= 0.3 is 0 Å². The fraction of sp³-hybridized carbons (Fsp3) is 0.0909. The third kappa shape index (κ3) is 2.03. The van der Waals surface area contributed by atoms with Gasteiger partial charge in [-0.25, -0.2) is 0 Å². The molecule has 1 aromatic carbocycles. The van der Waals surface area contributed by atoms with Crippen LogP contribution >= 0.6 is 27.5 Å². The number of hydrogen-bond donors (Lipinski definition) is 0. The van der Waals surface area contributed by atoms with Gasteiger partial charge in [-0.05, 0) is 40.2 Å². The van der Waals surface area contributed by atoms with Crippen LogP contribution in [0.3, 0.4) is 0 Å². The lowest BCUT2D eigenvalue weighted by Gasteiger charge is -2.08. The minimum Gasteiger partial charge on any atom is -0.495 e. The van der Waals surface area contributed by atoms with Gasteiger partial charge < -0.3 is 9.15 Å². The van der Waals surface area contributed by atoms with E-state index < -0.39 is 0 Å². The van der Waals surface area contributed by atoms with E-state index in [4.69, 9.17) is 20.8 Å². The summed E-state index contributed by atoms with van der Waals surface area (Å²) in [5.41, 5.74) is 0.835. The SMILES string of the molecule is COc1c(Br)cc(Cl)cc1-c1ccco1. The normalized spacial score (nSPS) is 10.3. The van der Waals surface area contributed by atoms with E-state index in [-0.39, 0.29) is 0 Å². The van der Waals surface area contributed by atoms with Gasteiger partial charge in [0.2, 0.25) is 0 Å². The second-order valence-corrected chi connectivity index (χ2v) is 4.24. The lowest BCUT2D eigenvalue weighted by Crippen LogP contribution is -1.88. The Kier molecular flexibility index (Phi) is 3.03. The highest BCUT2D eigenvalue weighted by atomic mass is 79.9. The molecule has 2 rings (SSSR count). The molecule has 0 atom stereocenters. The molecule has 78 valence electrons. The number of furan rings is 1. The zero-order valence-corrected chi connectivity index (χ0v) is 10.3. The van der Waals surface area contributed by atoms with Crippen LogP contribution in [0.2, 0.25) is 5.02 Å². The van der Waals surface area contributed by atoms with Crippen molar-refractivity contribution in [2.45, 2.75) is 0 Å². The first kappa shape index (κ1) is 10.6. The van der Waals surface area contributed by atoms with Crippen molar-refractivity contribution in [2.24, 2.45) is 0 Å². The molecule has 0 radical (unpaired) electrons. The van der Waals surface area contributed by atoms with Crippen LogP contribution in [0, 0.1) is 0 Å². The van der Waals surface area contributed by atoms with Gasteiger partial charge in [0.15, 0.2) is 0 Å². The summed E-state index contributed by atoms with van der Waals surface area (Å²) in [6, 6.07) is 7.28. The Labute approximate surface area is 101 Å². The van der Waals surface area contributed by atoms with Crippen LogP contribution in [-0.4, -0.2) is 7.11 Å². The minimum atomic E-state index is 0.633. The van der Waals surface area contributed by atoms with Gasteiger partial charge in [0.25, 0.3) is 0 Å². The summed E-state index contributed by atoms with van der Waals surface area (Å²) in [7, 11) is 1.61. The summed E-state index contributed by atoms with van der Waals surface area (Å²) in [4.78, 5) is 0. The van der Waals surface area contributed by atoms with Crippen molar-refractivity contribution in [1.82, 2.24) is 0 Å². The van der Waals surface area contributed by atoms with Crippen molar-refractivity contribution in [3.05, 3.63) is 40.0 Å². The molecule has 0 fully saturated rings. The summed E-state index contributed by atoms with van der Waals surface area (Å²) in [6.07, 6.45) is 1.61. The van der Waals surface area contributed by atoms with Gasteiger partial charge in [-0.3, -0.25) is 0 Å². The predicted molar refractivity (Wildman–Crippen MR) is 63.4 cm³/mol. The molecule has 0 saturated heterocycles. The largest absolute Gasteiger partial charge is 0.495 e. The summed E-state index contributed by atoms with van der Waals surface area (Å²) < 4.78 is 11.4. The molecule has 4 heteroatoms. The van der Waals surface area contributed by atoms with Crippen molar-refractivity contribution in [3.8, 4) is 17.1 Å². The first-order valence-electron chi connectivity index (χ1n) is 4.29. The van der Waals surface area contributed by atoms with E-state index in [1.165, 1.54) is 0 Å². The average Bonchev–Trinajstić information content (AvgIpc) is 2.69. The molecule has 0 aliphatic rings. The fourth-order valence-corrected chi connectivity index (χ4v) is 2.35. The second kappa shape index (κ2) is 4.29. The van der Waals surface area contributed by atoms with Gasteiger partial charge in [-0.2, -0.15) is 0 Å². The van der Waals surface area contributed by atoms with E-state index in [1.54, 1.807) is 19.4 Å². The first-order valence-corrected chi connectivity index (χ1v) is 5.46. The molecule has 1 heterocycles. The van der Waals surface area contributed by atoms with E-state index in [0.29, 0.717) is 10.8 Å². The Morgan fingerprint density at radius 1 is 1.40 bits per heavy atom. The Hall–Kier alpha value is -0.930. The Bertz CT molecular complexity index is 466. The van der Waals surface area contributed by atoms with E-state index in [2.05, 4.69) is 15.9 Å². The molecule has 0 aliphatic carbocycles. The molecule has 0 N–H and O–H groups in total. The molecule has 15 heavy (non-hydrogen) atoms. The topological polar surface area (TPSA) is 22.4 Å². The van der Waals surface area contributed by atoms with E-state index in [1.807, 2.05) is 18.2 Å². The molecule has 1 aromatic heterocycles. The van der Waals surface area contributed by atoms with E-state index >= 15 is 0 Å². The number of benzene rings is 1. The van der Waals surface area contributed by atoms with Crippen LogP contribution in [-0.2, 0) is 0 Å². The Morgan fingerprint density at radius 3 is 2.80 bits per heavy atom. The van der Waals surface area contributed by atoms with Gasteiger partial charge in [0, 0.05) is 5.02 Å². The molecule has 2 aromatic rings. The third-order valence-corrected chi connectivity index (χ3v) is 2.81. The monoisotopic (exact) mass is 286 g/mol. The molecular formula is C11H8BrClO2. The molecule has 2 nitrogen and oxygen atoms in total. The molecule has 0 unspecified atom stereocenters. The quantitative estimate of drug-likeness (QED) is 0.818. The van der Waals surface area contributed by atoms with Crippen molar-refractivity contribution in [1.29, 1.82) is 0 Å². The molecule has 0 amide bonds. The highest BCUT2D eigenvalue weighted by Crippen LogP contribution is 2.38. The lowest BCUT2D eigenvalue weighted by atomic mass is 10.1. The van der Waals surface area contributed by atoms with Crippen LogP contribution in [0.15, 0.2) is 39.4 Å². The highest BCUT2D eigenvalue weighted by molar-refractivity contribution is 9.10. The lowest BCUT2D eigenvalue weighted by molar-refractivity contribution is 0.412. The van der Waals surface area contributed by atoms with Crippen LogP contribution < -0.4 is 4.74 Å². The molecular weight excluding hydrogens is 279 g/mol. The van der Waals surface area contributed by atoms with Crippen LogP contribution in [0.1, 0.15) is 0 Å². The maximum atomic E-state index is 5.97. The molecule has 0 spiro atoms. The molecule has 0 saturated carbocycles. The van der Waals surface area contributed by atoms with Crippen molar-refractivity contribution in [2.75, 3.05) is 7.11 Å². The van der Waals surface area contributed by atoms with E-state index in [9.17, 15) is 0 Å². The third-order valence-electron chi connectivity index (χ3n) is 2.00.